The van der Waals surface area contributed by atoms with Gasteiger partial charge in [-0.2, -0.15) is 0 Å². The molecule has 0 spiro atoms. The molecule has 0 amide bonds. The topological polar surface area (TPSA) is 21.3 Å². The smallest absolute Gasteiger partial charge is 0.0590 e. The lowest BCUT2D eigenvalue weighted by Crippen LogP contribution is -2.42. The van der Waals surface area contributed by atoms with Gasteiger partial charge in [-0.1, -0.05) is 26.7 Å². The number of hydrogen-bond acceptors (Lipinski definition) is 2. The van der Waals surface area contributed by atoms with E-state index < -0.39 is 0 Å². The van der Waals surface area contributed by atoms with Gasteiger partial charge in [0.05, 0.1) is 6.10 Å². The quantitative estimate of drug-likeness (QED) is 0.781. The highest BCUT2D eigenvalue weighted by Crippen LogP contribution is 2.33. The van der Waals surface area contributed by atoms with Gasteiger partial charge in [0.2, 0.25) is 0 Å². The lowest BCUT2D eigenvalue weighted by atomic mass is 9.77. The van der Waals surface area contributed by atoms with Gasteiger partial charge in [0.25, 0.3) is 0 Å². The second kappa shape index (κ2) is 8.26. The van der Waals surface area contributed by atoms with Gasteiger partial charge < -0.3 is 10.1 Å². The van der Waals surface area contributed by atoms with Crippen molar-refractivity contribution in [3.8, 4) is 0 Å². The van der Waals surface area contributed by atoms with Crippen LogP contribution >= 0.6 is 0 Å². The molecule has 1 aliphatic carbocycles. The van der Waals surface area contributed by atoms with Crippen LogP contribution < -0.4 is 5.32 Å². The maximum absolute atomic E-state index is 5.97. The normalized spacial score (nSPS) is 34.1. The standard InChI is InChI=1S/C17H33NO/c1-3-10-18-17(13-16-9-4-5-11-19-16)15-8-6-7-14(2)12-15/h14-18H,3-13H2,1-2H3. The molecule has 1 saturated heterocycles. The molecule has 1 saturated carbocycles. The van der Waals surface area contributed by atoms with Crippen molar-refractivity contribution < 1.29 is 4.74 Å². The first kappa shape index (κ1) is 15.3. The summed E-state index contributed by atoms with van der Waals surface area (Å²) < 4.78 is 5.97. The Kier molecular flexibility index (Phi) is 6.66. The molecule has 19 heavy (non-hydrogen) atoms. The second-order valence-electron chi connectivity index (χ2n) is 6.82. The van der Waals surface area contributed by atoms with Crippen LogP contribution in [-0.4, -0.2) is 25.3 Å². The molecule has 1 aliphatic heterocycles. The first-order valence-electron chi connectivity index (χ1n) is 8.64. The highest BCUT2D eigenvalue weighted by molar-refractivity contribution is 4.84. The Labute approximate surface area is 119 Å². The number of ether oxygens (including phenoxy) is 1. The summed E-state index contributed by atoms with van der Waals surface area (Å²) in [6.45, 7) is 6.86. The van der Waals surface area contributed by atoms with Crippen LogP contribution in [0.25, 0.3) is 0 Å². The van der Waals surface area contributed by atoms with Crippen molar-refractivity contribution in [1.29, 1.82) is 0 Å². The molecule has 1 N–H and O–H groups in total. The Morgan fingerprint density at radius 1 is 1.16 bits per heavy atom. The molecule has 4 unspecified atom stereocenters. The predicted molar refractivity (Wildman–Crippen MR) is 81.4 cm³/mol. The van der Waals surface area contributed by atoms with Crippen molar-refractivity contribution in [1.82, 2.24) is 5.32 Å². The van der Waals surface area contributed by atoms with Crippen LogP contribution in [0.3, 0.4) is 0 Å². The average Bonchev–Trinajstić information content (AvgIpc) is 2.44. The summed E-state index contributed by atoms with van der Waals surface area (Å²) in [5.74, 6) is 1.82. The fourth-order valence-corrected chi connectivity index (χ4v) is 3.90. The Balaban J connectivity index is 1.85. The van der Waals surface area contributed by atoms with Crippen LogP contribution in [0, 0.1) is 11.8 Å². The zero-order chi connectivity index (χ0) is 13.5. The molecule has 0 radical (unpaired) electrons. The van der Waals surface area contributed by atoms with Crippen molar-refractivity contribution in [3.05, 3.63) is 0 Å². The van der Waals surface area contributed by atoms with E-state index in [4.69, 9.17) is 4.74 Å². The molecule has 0 bridgehead atoms. The second-order valence-corrected chi connectivity index (χ2v) is 6.82. The molecule has 2 aliphatic rings. The van der Waals surface area contributed by atoms with E-state index >= 15 is 0 Å². The van der Waals surface area contributed by atoms with E-state index in [9.17, 15) is 0 Å². The molecule has 1 heterocycles. The minimum absolute atomic E-state index is 0.528. The maximum atomic E-state index is 5.97. The molecule has 112 valence electrons. The van der Waals surface area contributed by atoms with Crippen molar-refractivity contribution >= 4 is 0 Å². The van der Waals surface area contributed by atoms with Crippen LogP contribution in [0.4, 0.5) is 0 Å². The maximum Gasteiger partial charge on any atom is 0.0590 e. The third-order valence-electron chi connectivity index (χ3n) is 4.99. The average molecular weight is 267 g/mol. The van der Waals surface area contributed by atoms with Crippen molar-refractivity contribution in [2.75, 3.05) is 13.2 Å². The lowest BCUT2D eigenvalue weighted by Gasteiger charge is -2.36. The highest BCUT2D eigenvalue weighted by atomic mass is 16.5. The minimum Gasteiger partial charge on any atom is -0.378 e. The Bertz CT molecular complexity index is 237. The number of nitrogens with one attached hydrogen (secondary N) is 1. The minimum atomic E-state index is 0.528. The summed E-state index contributed by atoms with van der Waals surface area (Å²) in [7, 11) is 0. The molecule has 0 aromatic carbocycles. The van der Waals surface area contributed by atoms with E-state index in [1.807, 2.05) is 0 Å². The molecule has 2 nitrogen and oxygen atoms in total. The SMILES string of the molecule is CCCNC(CC1CCCCO1)C1CCCC(C)C1. The van der Waals surface area contributed by atoms with Crippen molar-refractivity contribution in [2.45, 2.75) is 83.8 Å². The molecular weight excluding hydrogens is 234 g/mol. The van der Waals surface area contributed by atoms with Crippen LogP contribution in [0.5, 0.6) is 0 Å². The molecular formula is C17H33NO. The Morgan fingerprint density at radius 3 is 2.74 bits per heavy atom. The fraction of sp³-hybridized carbons (Fsp3) is 1.00. The van der Waals surface area contributed by atoms with E-state index in [0.717, 1.165) is 18.4 Å². The van der Waals surface area contributed by atoms with Crippen LogP contribution in [0.15, 0.2) is 0 Å². The predicted octanol–water partition coefficient (Wildman–Crippen LogP) is 4.14. The van der Waals surface area contributed by atoms with Gasteiger partial charge in [0.15, 0.2) is 0 Å². The monoisotopic (exact) mass is 267 g/mol. The molecule has 4 atom stereocenters. The van der Waals surface area contributed by atoms with Gasteiger partial charge in [0, 0.05) is 12.6 Å². The molecule has 2 fully saturated rings. The molecule has 2 heteroatoms. The van der Waals surface area contributed by atoms with Gasteiger partial charge in [0.1, 0.15) is 0 Å². The zero-order valence-corrected chi connectivity index (χ0v) is 13.0. The summed E-state index contributed by atoms with van der Waals surface area (Å²) >= 11 is 0. The molecule has 2 rings (SSSR count). The van der Waals surface area contributed by atoms with Crippen molar-refractivity contribution in [3.63, 3.8) is 0 Å². The molecule has 0 aromatic rings. The zero-order valence-electron chi connectivity index (χ0n) is 13.0. The lowest BCUT2D eigenvalue weighted by molar-refractivity contribution is -0.00131. The van der Waals surface area contributed by atoms with Crippen LogP contribution in [-0.2, 0) is 4.74 Å². The summed E-state index contributed by atoms with van der Waals surface area (Å²) in [6.07, 6.45) is 12.7. The van der Waals surface area contributed by atoms with E-state index in [2.05, 4.69) is 19.2 Å². The van der Waals surface area contributed by atoms with E-state index in [1.54, 1.807) is 0 Å². The van der Waals surface area contributed by atoms with Crippen LogP contribution in [0.1, 0.15) is 71.6 Å². The van der Waals surface area contributed by atoms with Gasteiger partial charge in [-0.05, 0) is 63.3 Å². The van der Waals surface area contributed by atoms with Crippen molar-refractivity contribution in [2.24, 2.45) is 11.8 Å². The Morgan fingerprint density at radius 2 is 2.05 bits per heavy atom. The van der Waals surface area contributed by atoms with E-state index in [0.29, 0.717) is 12.1 Å². The van der Waals surface area contributed by atoms with E-state index in [1.165, 1.54) is 64.3 Å². The number of hydrogen-bond donors (Lipinski definition) is 1. The molecule has 0 aromatic heterocycles. The largest absolute Gasteiger partial charge is 0.378 e. The first-order chi connectivity index (χ1) is 9.29. The summed E-state index contributed by atoms with van der Waals surface area (Å²) in [5.41, 5.74) is 0. The highest BCUT2D eigenvalue weighted by Gasteiger charge is 2.29. The van der Waals surface area contributed by atoms with Crippen LogP contribution in [0.2, 0.25) is 0 Å². The fourth-order valence-electron chi connectivity index (χ4n) is 3.90. The third kappa shape index (κ3) is 5.07. The number of rotatable bonds is 6. The van der Waals surface area contributed by atoms with Gasteiger partial charge in [-0.25, -0.2) is 0 Å². The van der Waals surface area contributed by atoms with Gasteiger partial charge in [-0.15, -0.1) is 0 Å². The van der Waals surface area contributed by atoms with Gasteiger partial charge >= 0.3 is 0 Å². The summed E-state index contributed by atoms with van der Waals surface area (Å²) in [5, 5.41) is 3.83. The third-order valence-corrected chi connectivity index (χ3v) is 4.99. The first-order valence-corrected chi connectivity index (χ1v) is 8.64. The van der Waals surface area contributed by atoms with Gasteiger partial charge in [-0.3, -0.25) is 0 Å². The van der Waals surface area contributed by atoms with E-state index in [-0.39, 0.29) is 0 Å². The summed E-state index contributed by atoms with van der Waals surface area (Å²) in [6, 6.07) is 0.700. The summed E-state index contributed by atoms with van der Waals surface area (Å²) in [4.78, 5) is 0. The Hall–Kier alpha value is -0.0800.